The second kappa shape index (κ2) is 41.2. The lowest BCUT2D eigenvalue weighted by atomic mass is 10.0. The highest BCUT2D eigenvalue weighted by molar-refractivity contribution is 7.46. The molecule has 54 heavy (non-hydrogen) atoms. The Labute approximate surface area is 332 Å². The van der Waals surface area contributed by atoms with Crippen molar-refractivity contribution in [1.29, 1.82) is 0 Å². The molecule has 9 heteroatoms. The Balaban J connectivity index is 3.86. The minimum atomic E-state index is -4.76. The molecule has 0 amide bonds. The molecule has 0 spiro atoms. The highest BCUT2D eigenvalue weighted by Gasteiger charge is 2.22. The Bertz CT molecular complexity index is 931. The summed E-state index contributed by atoms with van der Waals surface area (Å²) >= 11 is 0. The van der Waals surface area contributed by atoms with Gasteiger partial charge in [-0.1, -0.05) is 192 Å². The van der Waals surface area contributed by atoms with E-state index in [-0.39, 0.29) is 19.4 Å². The third kappa shape index (κ3) is 43.3. The van der Waals surface area contributed by atoms with Crippen LogP contribution in [0.5, 0.6) is 0 Å². The van der Waals surface area contributed by atoms with Crippen LogP contribution in [-0.4, -0.2) is 41.0 Å². The molecule has 0 heterocycles. The summed E-state index contributed by atoms with van der Waals surface area (Å²) in [4.78, 5) is 42.9. The molecule has 1 atom stereocenters. The lowest BCUT2D eigenvalue weighted by Crippen LogP contribution is -2.29. The average molecular weight is 785 g/mol. The van der Waals surface area contributed by atoms with Crippen LogP contribution in [0.2, 0.25) is 0 Å². The number of hydrogen-bond donors (Lipinski definition) is 2. The molecule has 0 aromatic carbocycles. The molecule has 0 bridgehead atoms. The molecular weight excluding hydrogens is 699 g/mol. The highest BCUT2D eigenvalue weighted by Crippen LogP contribution is 2.36. The number of allylic oxidation sites excluding steroid dienone is 4. The van der Waals surface area contributed by atoms with E-state index in [4.69, 9.17) is 19.3 Å². The number of unbranched alkanes of at least 4 members (excludes halogenated alkanes) is 28. The average Bonchev–Trinajstić information content (AvgIpc) is 3.14. The van der Waals surface area contributed by atoms with Gasteiger partial charge in [0, 0.05) is 12.8 Å². The quantitative estimate of drug-likeness (QED) is 0.0272. The van der Waals surface area contributed by atoms with Gasteiger partial charge in [0.25, 0.3) is 0 Å². The number of phosphoric acid groups is 1. The van der Waals surface area contributed by atoms with Crippen LogP contribution < -0.4 is 0 Å². The van der Waals surface area contributed by atoms with E-state index in [1.807, 2.05) is 6.08 Å². The van der Waals surface area contributed by atoms with Crippen LogP contribution in [0.15, 0.2) is 24.3 Å². The van der Waals surface area contributed by atoms with Gasteiger partial charge in [0.1, 0.15) is 6.61 Å². The Kier molecular flexibility index (Phi) is 40.1. The summed E-state index contributed by atoms with van der Waals surface area (Å²) in [5, 5.41) is 0. The van der Waals surface area contributed by atoms with Gasteiger partial charge < -0.3 is 19.3 Å². The summed E-state index contributed by atoms with van der Waals surface area (Å²) < 4.78 is 26.4. The van der Waals surface area contributed by atoms with Gasteiger partial charge in [-0.2, -0.15) is 0 Å². The fourth-order valence-corrected chi connectivity index (χ4v) is 6.92. The number of esters is 2. The standard InChI is InChI=1S/C45H85O8P/c1-3-5-7-9-11-13-15-17-19-20-21-22-23-24-26-27-29-31-33-35-37-39-44(46)51-41-43(42-52-54(48,49)50)53-45(47)40-38-36-34-32-30-28-25-18-16-14-12-10-8-6-4-2/h17,19,34,36,43H,3-16,18,20-33,35,37-42H2,1-2H3,(H2,48,49,50)/b19-17+,36-34+/t43-/m1/s1. The molecule has 0 aliphatic heterocycles. The van der Waals surface area contributed by atoms with Gasteiger partial charge in [-0.3, -0.25) is 14.1 Å². The van der Waals surface area contributed by atoms with E-state index in [1.165, 1.54) is 167 Å². The molecule has 0 aliphatic carbocycles. The molecule has 0 unspecified atom stereocenters. The fourth-order valence-electron chi connectivity index (χ4n) is 6.56. The SMILES string of the molecule is CCCCCCCC/C=C/CCCCCCCCCCCCCC(=O)OC[C@H](COP(=O)(O)O)OC(=O)CC/C=C/CCCCCCCCCCCCC. The summed E-state index contributed by atoms with van der Waals surface area (Å²) in [5.41, 5.74) is 0. The molecule has 0 rings (SSSR count). The van der Waals surface area contributed by atoms with Crippen molar-refractivity contribution in [3.63, 3.8) is 0 Å². The van der Waals surface area contributed by atoms with Crippen LogP contribution in [-0.2, 0) is 28.2 Å². The van der Waals surface area contributed by atoms with E-state index in [0.29, 0.717) is 6.42 Å². The first-order valence-corrected chi connectivity index (χ1v) is 24.2. The molecule has 2 N–H and O–H groups in total. The van der Waals surface area contributed by atoms with Crippen LogP contribution in [0.25, 0.3) is 0 Å². The van der Waals surface area contributed by atoms with Gasteiger partial charge in [-0.15, -0.1) is 0 Å². The molecule has 0 aliphatic rings. The zero-order valence-corrected chi connectivity index (χ0v) is 36.0. The van der Waals surface area contributed by atoms with Crippen molar-refractivity contribution < 1.29 is 37.9 Å². The maximum atomic E-state index is 12.4. The van der Waals surface area contributed by atoms with E-state index in [2.05, 4.69) is 36.6 Å². The molecule has 0 fully saturated rings. The number of phosphoric ester groups is 1. The third-order valence-corrected chi connectivity index (χ3v) is 10.4. The van der Waals surface area contributed by atoms with Gasteiger partial charge in [0.15, 0.2) is 6.10 Å². The van der Waals surface area contributed by atoms with Crippen molar-refractivity contribution in [2.75, 3.05) is 13.2 Å². The van der Waals surface area contributed by atoms with Crippen molar-refractivity contribution in [1.82, 2.24) is 0 Å². The lowest BCUT2D eigenvalue weighted by molar-refractivity contribution is -0.161. The summed E-state index contributed by atoms with van der Waals surface area (Å²) in [6.07, 6.45) is 47.7. The number of hydrogen-bond acceptors (Lipinski definition) is 6. The molecule has 0 saturated heterocycles. The van der Waals surface area contributed by atoms with E-state index in [9.17, 15) is 14.2 Å². The van der Waals surface area contributed by atoms with Crippen LogP contribution in [0.3, 0.4) is 0 Å². The molecular formula is C45H85O8P. The Morgan fingerprint density at radius 2 is 0.815 bits per heavy atom. The number of carbonyl (C=O) groups excluding carboxylic acids is 2. The van der Waals surface area contributed by atoms with Gasteiger partial charge in [-0.25, -0.2) is 4.57 Å². The minimum Gasteiger partial charge on any atom is -0.462 e. The zero-order chi connectivity index (χ0) is 39.6. The molecule has 8 nitrogen and oxygen atoms in total. The van der Waals surface area contributed by atoms with Crippen LogP contribution in [0, 0.1) is 0 Å². The molecule has 0 aromatic heterocycles. The predicted molar refractivity (Wildman–Crippen MR) is 225 cm³/mol. The second-order valence-electron chi connectivity index (χ2n) is 15.4. The van der Waals surface area contributed by atoms with Crippen molar-refractivity contribution in [2.45, 2.75) is 238 Å². The smallest absolute Gasteiger partial charge is 0.462 e. The first-order chi connectivity index (χ1) is 26.3. The van der Waals surface area contributed by atoms with E-state index >= 15 is 0 Å². The molecule has 318 valence electrons. The monoisotopic (exact) mass is 785 g/mol. The summed E-state index contributed by atoms with van der Waals surface area (Å²) in [6.45, 7) is 3.67. The van der Waals surface area contributed by atoms with Crippen molar-refractivity contribution in [2.24, 2.45) is 0 Å². The molecule has 0 saturated carbocycles. The lowest BCUT2D eigenvalue weighted by Gasteiger charge is -2.18. The van der Waals surface area contributed by atoms with E-state index < -0.39 is 32.5 Å². The Hall–Kier alpha value is -1.47. The number of rotatable bonds is 42. The van der Waals surface area contributed by atoms with Crippen LogP contribution in [0.1, 0.15) is 232 Å². The van der Waals surface area contributed by atoms with E-state index in [1.54, 1.807) is 0 Å². The minimum absolute atomic E-state index is 0.131. The predicted octanol–water partition coefficient (Wildman–Crippen LogP) is 14.0. The fraction of sp³-hybridized carbons (Fsp3) is 0.867. The topological polar surface area (TPSA) is 119 Å². The highest BCUT2D eigenvalue weighted by atomic mass is 31.2. The summed E-state index contributed by atoms with van der Waals surface area (Å²) in [6, 6.07) is 0. The molecule has 0 aromatic rings. The number of carbonyl (C=O) groups is 2. The first kappa shape index (κ1) is 52.5. The van der Waals surface area contributed by atoms with Crippen LogP contribution >= 0.6 is 7.82 Å². The summed E-state index contributed by atoms with van der Waals surface area (Å²) in [7, 11) is -4.76. The maximum absolute atomic E-state index is 12.4. The summed E-state index contributed by atoms with van der Waals surface area (Å²) in [5.74, 6) is -0.933. The third-order valence-electron chi connectivity index (χ3n) is 9.96. The van der Waals surface area contributed by atoms with Gasteiger partial charge >= 0.3 is 19.8 Å². The maximum Gasteiger partial charge on any atom is 0.469 e. The molecule has 0 radical (unpaired) electrons. The van der Waals surface area contributed by atoms with Crippen molar-refractivity contribution >= 4 is 19.8 Å². The Morgan fingerprint density at radius 3 is 1.20 bits per heavy atom. The van der Waals surface area contributed by atoms with Crippen molar-refractivity contribution in [3.05, 3.63) is 24.3 Å². The second-order valence-corrected chi connectivity index (χ2v) is 16.6. The Morgan fingerprint density at radius 1 is 0.463 bits per heavy atom. The van der Waals surface area contributed by atoms with E-state index in [0.717, 1.165) is 32.1 Å². The van der Waals surface area contributed by atoms with Crippen molar-refractivity contribution in [3.8, 4) is 0 Å². The normalized spacial score (nSPS) is 12.6. The first-order valence-electron chi connectivity index (χ1n) is 22.6. The van der Waals surface area contributed by atoms with Gasteiger partial charge in [-0.05, 0) is 51.4 Å². The van der Waals surface area contributed by atoms with Gasteiger partial charge in [0.05, 0.1) is 6.61 Å². The largest absolute Gasteiger partial charge is 0.469 e. The van der Waals surface area contributed by atoms with Gasteiger partial charge in [0.2, 0.25) is 0 Å². The van der Waals surface area contributed by atoms with Crippen LogP contribution in [0.4, 0.5) is 0 Å². The zero-order valence-electron chi connectivity index (χ0n) is 35.1. The number of ether oxygens (including phenoxy) is 2.